The van der Waals surface area contributed by atoms with Crippen LogP contribution in [0.15, 0.2) is 78.9 Å². The summed E-state index contributed by atoms with van der Waals surface area (Å²) >= 11 is 0. The Morgan fingerprint density at radius 2 is 1.63 bits per heavy atom. The lowest BCUT2D eigenvalue weighted by molar-refractivity contribution is -0.143. The van der Waals surface area contributed by atoms with Crippen molar-refractivity contribution in [3.05, 3.63) is 90.2 Å². The lowest BCUT2D eigenvalue weighted by Crippen LogP contribution is -2.49. The standard InChI is InChI=1S/C24H19FN2O3/c25-18-11-9-15(10-12-18)17-7-4-8-19(13-17)26-23(29)22-21(28)14-20(27-24(22)30)16-5-2-1-3-6-16/h1-13,20,22H,14H2,(H,26,29)(H,27,30). The van der Waals surface area contributed by atoms with Crippen LogP contribution in [0.4, 0.5) is 10.1 Å². The average Bonchev–Trinajstić information content (AvgIpc) is 2.74. The van der Waals surface area contributed by atoms with E-state index in [-0.39, 0.29) is 12.2 Å². The molecule has 3 aromatic carbocycles. The maximum atomic E-state index is 13.1. The molecule has 2 atom stereocenters. The first-order chi connectivity index (χ1) is 14.5. The molecule has 2 amide bonds. The summed E-state index contributed by atoms with van der Waals surface area (Å²) in [6.45, 7) is 0. The zero-order valence-electron chi connectivity index (χ0n) is 16.0. The van der Waals surface area contributed by atoms with Gasteiger partial charge < -0.3 is 10.6 Å². The molecule has 30 heavy (non-hydrogen) atoms. The van der Waals surface area contributed by atoms with Crippen molar-refractivity contribution in [3.8, 4) is 11.1 Å². The fraction of sp³-hybridized carbons (Fsp3) is 0.125. The van der Waals surface area contributed by atoms with Gasteiger partial charge in [0.25, 0.3) is 0 Å². The number of Topliss-reactive ketones (excluding diaryl/α,β-unsaturated/α-hetero) is 1. The van der Waals surface area contributed by atoms with E-state index in [1.54, 1.807) is 30.3 Å². The molecule has 5 nitrogen and oxygen atoms in total. The molecule has 3 aromatic rings. The molecule has 2 N–H and O–H groups in total. The monoisotopic (exact) mass is 402 g/mol. The number of hydrogen-bond donors (Lipinski definition) is 2. The predicted molar refractivity (Wildman–Crippen MR) is 111 cm³/mol. The van der Waals surface area contributed by atoms with Crippen molar-refractivity contribution in [2.24, 2.45) is 5.92 Å². The van der Waals surface area contributed by atoms with Gasteiger partial charge in [-0.25, -0.2) is 4.39 Å². The number of ketones is 1. The summed E-state index contributed by atoms with van der Waals surface area (Å²) in [7, 11) is 0. The number of hydrogen-bond acceptors (Lipinski definition) is 3. The zero-order valence-corrected chi connectivity index (χ0v) is 16.0. The van der Waals surface area contributed by atoms with Gasteiger partial charge in [-0.2, -0.15) is 0 Å². The van der Waals surface area contributed by atoms with Gasteiger partial charge in [0.05, 0.1) is 6.04 Å². The molecule has 0 radical (unpaired) electrons. The first-order valence-electron chi connectivity index (χ1n) is 9.56. The van der Waals surface area contributed by atoms with Gasteiger partial charge in [-0.15, -0.1) is 0 Å². The Labute approximate surface area is 172 Å². The number of carbonyl (C=O) groups excluding carboxylic acids is 3. The third-order valence-corrected chi connectivity index (χ3v) is 5.08. The lowest BCUT2D eigenvalue weighted by Gasteiger charge is -2.27. The van der Waals surface area contributed by atoms with Gasteiger partial charge in [0, 0.05) is 12.1 Å². The van der Waals surface area contributed by atoms with Gasteiger partial charge in [-0.05, 0) is 41.0 Å². The fourth-order valence-corrected chi connectivity index (χ4v) is 3.56. The van der Waals surface area contributed by atoms with Crippen LogP contribution in [-0.4, -0.2) is 17.6 Å². The molecule has 4 rings (SSSR count). The minimum Gasteiger partial charge on any atom is -0.348 e. The Morgan fingerprint density at radius 3 is 2.33 bits per heavy atom. The van der Waals surface area contributed by atoms with Gasteiger partial charge in [-0.3, -0.25) is 14.4 Å². The maximum absolute atomic E-state index is 13.1. The van der Waals surface area contributed by atoms with Crippen LogP contribution in [0.5, 0.6) is 0 Å². The van der Waals surface area contributed by atoms with Crippen LogP contribution in [0.3, 0.4) is 0 Å². The molecule has 1 heterocycles. The van der Waals surface area contributed by atoms with Crippen molar-refractivity contribution >= 4 is 23.3 Å². The molecule has 2 unspecified atom stereocenters. The highest BCUT2D eigenvalue weighted by atomic mass is 19.1. The van der Waals surface area contributed by atoms with Crippen molar-refractivity contribution in [3.63, 3.8) is 0 Å². The lowest BCUT2D eigenvalue weighted by atomic mass is 9.88. The van der Waals surface area contributed by atoms with E-state index < -0.39 is 29.6 Å². The van der Waals surface area contributed by atoms with Gasteiger partial charge in [-0.1, -0.05) is 54.6 Å². The second kappa shape index (κ2) is 8.29. The summed E-state index contributed by atoms with van der Waals surface area (Å²) in [5.74, 6) is -3.41. The minimum absolute atomic E-state index is 0.0590. The first-order valence-corrected chi connectivity index (χ1v) is 9.56. The van der Waals surface area contributed by atoms with E-state index in [0.29, 0.717) is 5.69 Å². The van der Waals surface area contributed by atoms with Crippen LogP contribution in [0.25, 0.3) is 11.1 Å². The fourth-order valence-electron chi connectivity index (χ4n) is 3.56. The summed E-state index contributed by atoms with van der Waals surface area (Å²) < 4.78 is 13.1. The molecule has 0 saturated carbocycles. The van der Waals surface area contributed by atoms with E-state index in [2.05, 4.69) is 10.6 Å². The van der Waals surface area contributed by atoms with Crippen LogP contribution < -0.4 is 10.6 Å². The van der Waals surface area contributed by atoms with Crippen LogP contribution in [0.2, 0.25) is 0 Å². The summed E-state index contributed by atoms with van der Waals surface area (Å²) in [6.07, 6.45) is 0.0590. The van der Waals surface area contributed by atoms with Crippen LogP contribution in [0.1, 0.15) is 18.0 Å². The first kappa shape index (κ1) is 19.5. The summed E-state index contributed by atoms with van der Waals surface area (Å²) in [5, 5.41) is 5.42. The zero-order chi connectivity index (χ0) is 21.1. The van der Waals surface area contributed by atoms with E-state index in [4.69, 9.17) is 0 Å². The summed E-state index contributed by atoms with van der Waals surface area (Å²) in [4.78, 5) is 37.8. The molecular formula is C24H19FN2O3. The van der Waals surface area contributed by atoms with Gasteiger partial charge in [0.15, 0.2) is 11.7 Å². The highest BCUT2D eigenvalue weighted by Gasteiger charge is 2.40. The molecular weight excluding hydrogens is 383 g/mol. The largest absolute Gasteiger partial charge is 0.348 e. The number of benzene rings is 3. The Balaban J connectivity index is 1.48. The number of piperidine rings is 1. The van der Waals surface area contributed by atoms with Crippen molar-refractivity contribution in [2.75, 3.05) is 5.32 Å². The number of rotatable bonds is 4. The van der Waals surface area contributed by atoms with Gasteiger partial charge in [0.2, 0.25) is 11.8 Å². The minimum atomic E-state index is -1.39. The normalized spacial score (nSPS) is 18.6. The molecule has 1 aliphatic rings. The van der Waals surface area contributed by atoms with Crippen molar-refractivity contribution < 1.29 is 18.8 Å². The Morgan fingerprint density at radius 1 is 0.900 bits per heavy atom. The van der Waals surface area contributed by atoms with Crippen molar-refractivity contribution in [1.29, 1.82) is 0 Å². The van der Waals surface area contributed by atoms with E-state index in [1.165, 1.54) is 12.1 Å². The number of halogens is 1. The second-order valence-electron chi connectivity index (χ2n) is 7.15. The van der Waals surface area contributed by atoms with Crippen molar-refractivity contribution in [2.45, 2.75) is 12.5 Å². The molecule has 0 aliphatic carbocycles. The molecule has 1 fully saturated rings. The van der Waals surface area contributed by atoms with Gasteiger partial charge >= 0.3 is 0 Å². The SMILES string of the molecule is O=C1CC(c2ccccc2)NC(=O)C1C(=O)Nc1cccc(-c2ccc(F)cc2)c1. The van der Waals surface area contributed by atoms with E-state index >= 15 is 0 Å². The average molecular weight is 402 g/mol. The predicted octanol–water partition coefficient (Wildman–Crippen LogP) is 3.88. The van der Waals surface area contributed by atoms with Crippen LogP contribution in [0, 0.1) is 11.7 Å². The highest BCUT2D eigenvalue weighted by molar-refractivity contribution is 6.22. The second-order valence-corrected chi connectivity index (χ2v) is 7.15. The van der Waals surface area contributed by atoms with E-state index in [0.717, 1.165) is 16.7 Å². The molecule has 1 saturated heterocycles. The quantitative estimate of drug-likeness (QED) is 0.651. The highest BCUT2D eigenvalue weighted by Crippen LogP contribution is 2.26. The summed E-state index contributed by atoms with van der Waals surface area (Å²) in [6, 6.07) is 21.7. The van der Waals surface area contributed by atoms with E-state index in [9.17, 15) is 18.8 Å². The molecule has 0 bridgehead atoms. The molecule has 1 aliphatic heterocycles. The van der Waals surface area contributed by atoms with Crippen LogP contribution in [-0.2, 0) is 14.4 Å². The third kappa shape index (κ3) is 4.12. The number of amides is 2. The Kier molecular flexibility index (Phi) is 5.39. The van der Waals surface area contributed by atoms with E-state index in [1.807, 2.05) is 36.4 Å². The molecule has 0 aromatic heterocycles. The topological polar surface area (TPSA) is 75.3 Å². The Hall–Kier alpha value is -3.80. The van der Waals surface area contributed by atoms with Gasteiger partial charge in [0.1, 0.15) is 5.82 Å². The molecule has 6 heteroatoms. The number of carbonyl (C=O) groups is 3. The number of anilines is 1. The Bertz CT molecular complexity index is 1080. The smallest absolute Gasteiger partial charge is 0.244 e. The van der Waals surface area contributed by atoms with Crippen LogP contribution >= 0.6 is 0 Å². The molecule has 0 spiro atoms. The van der Waals surface area contributed by atoms with Crippen molar-refractivity contribution in [1.82, 2.24) is 5.32 Å². The number of nitrogens with one attached hydrogen (secondary N) is 2. The third-order valence-electron chi connectivity index (χ3n) is 5.08. The molecule has 150 valence electrons. The summed E-state index contributed by atoms with van der Waals surface area (Å²) in [5.41, 5.74) is 2.83. The maximum Gasteiger partial charge on any atom is 0.244 e.